The molecule has 0 saturated heterocycles. The molecule has 0 amide bonds. The van der Waals surface area contributed by atoms with Crippen molar-refractivity contribution in [1.82, 2.24) is 0 Å². The molecule has 0 radical (unpaired) electrons. The molecule has 0 aliphatic rings. The normalized spacial score (nSPS) is 10.3. The Kier molecular flexibility index (Phi) is 8.33. The summed E-state index contributed by atoms with van der Waals surface area (Å²) in [5, 5.41) is 0. The molecule has 0 aromatic heterocycles. The molecule has 0 aliphatic heterocycles. The summed E-state index contributed by atoms with van der Waals surface area (Å²) in [4.78, 5) is 30.4. The van der Waals surface area contributed by atoms with Crippen LogP contribution in [0.2, 0.25) is 0 Å². The van der Waals surface area contributed by atoms with Crippen molar-refractivity contribution in [3.63, 3.8) is 0 Å². The maximum atomic E-state index is 9.85. The zero-order valence-electron chi connectivity index (χ0n) is 5.54. The van der Waals surface area contributed by atoms with Gasteiger partial charge in [-0.15, -0.1) is 6.58 Å². The van der Waals surface area contributed by atoms with Crippen molar-refractivity contribution >= 4 is 15.9 Å². The Morgan fingerprint density at radius 2 is 1.73 bits per heavy atom. The van der Waals surface area contributed by atoms with Crippen molar-refractivity contribution in [1.29, 1.82) is 0 Å². The first kappa shape index (κ1) is 13.6. The van der Waals surface area contributed by atoms with E-state index < -0.39 is 15.9 Å². The lowest BCUT2D eigenvalue weighted by Gasteiger charge is -1.94. The van der Waals surface area contributed by atoms with Crippen LogP contribution in [-0.2, 0) is 9.13 Å². The van der Waals surface area contributed by atoms with Gasteiger partial charge >= 0.3 is 15.9 Å². The molecule has 0 saturated carbocycles. The zero-order valence-corrected chi connectivity index (χ0v) is 7.44. The second-order valence-corrected chi connectivity index (χ2v) is 3.68. The van der Waals surface area contributed by atoms with E-state index in [4.69, 9.17) is 24.1 Å². The first-order valence-corrected chi connectivity index (χ1v) is 5.47. The molecule has 6 nitrogen and oxygen atoms in total. The predicted octanol–water partition coefficient (Wildman–Crippen LogP) is -0.289. The quantitative estimate of drug-likeness (QED) is 0.363. The molecule has 8 heteroatoms. The Morgan fingerprint density at radius 3 is 1.73 bits per heavy atom. The van der Waals surface area contributed by atoms with Gasteiger partial charge in [0.1, 0.15) is 0 Å². The maximum Gasteiger partial charge on any atom is 0.329 e. The second-order valence-electron chi connectivity index (χ2n) is 1.42. The number of hydrogen-bond acceptors (Lipinski definition) is 2. The lowest BCUT2D eigenvalue weighted by Crippen LogP contribution is -1.78. The third kappa shape index (κ3) is 39.8. The fraction of sp³-hybridized carbons (Fsp3) is 0.333. The van der Waals surface area contributed by atoms with Gasteiger partial charge in [0.05, 0.1) is 6.16 Å². The van der Waals surface area contributed by atoms with Crippen molar-refractivity contribution < 1.29 is 28.7 Å². The lowest BCUT2D eigenvalue weighted by molar-refractivity contribution is 0.377. The number of hydrogen-bond donors (Lipinski definition) is 4. The highest BCUT2D eigenvalue weighted by atomic mass is 31.2. The van der Waals surface area contributed by atoms with E-state index in [0.29, 0.717) is 0 Å². The van der Waals surface area contributed by atoms with E-state index in [1.165, 1.54) is 6.08 Å². The summed E-state index contributed by atoms with van der Waals surface area (Å²) in [7, 11) is -6.91. The molecule has 0 spiro atoms. The van der Waals surface area contributed by atoms with Crippen LogP contribution in [0.5, 0.6) is 0 Å². The van der Waals surface area contributed by atoms with Gasteiger partial charge in [-0.1, -0.05) is 6.08 Å². The number of allylic oxidation sites excluding steroid dienone is 1. The first-order chi connectivity index (χ1) is 4.79. The van der Waals surface area contributed by atoms with Gasteiger partial charge in [-0.25, -0.2) is 0 Å². The molecule has 0 aromatic carbocycles. The Bertz CT molecular complexity index is 167. The van der Waals surface area contributed by atoms with E-state index >= 15 is 0 Å². The van der Waals surface area contributed by atoms with Crippen molar-refractivity contribution in [3.05, 3.63) is 12.7 Å². The summed E-state index contributed by atoms with van der Waals surface area (Å²) in [6.07, 6.45) is 0.966. The summed E-state index contributed by atoms with van der Waals surface area (Å²) >= 11 is 0. The van der Waals surface area contributed by atoms with Gasteiger partial charge < -0.3 is 19.6 Å². The third-order valence-electron chi connectivity index (χ3n) is 0.367. The highest BCUT2D eigenvalue weighted by molar-refractivity contribution is 7.51. The van der Waals surface area contributed by atoms with Gasteiger partial charge in [-0.05, 0) is 0 Å². The molecule has 0 rings (SSSR count). The van der Waals surface area contributed by atoms with Crippen LogP contribution in [0.4, 0.5) is 0 Å². The average molecular weight is 204 g/mol. The SMILES string of the molecule is C=CCP(=O)(O)O.O=[PH](O)O. The fourth-order valence-corrected chi connectivity index (χ4v) is 0.505. The van der Waals surface area contributed by atoms with Crippen LogP contribution < -0.4 is 0 Å². The van der Waals surface area contributed by atoms with Crippen molar-refractivity contribution in [2.75, 3.05) is 6.16 Å². The van der Waals surface area contributed by atoms with Crippen LogP contribution in [0.25, 0.3) is 0 Å². The summed E-state index contributed by atoms with van der Waals surface area (Å²) in [5.41, 5.74) is 0. The average Bonchev–Trinajstić information content (AvgIpc) is 1.58. The Labute approximate surface area is 64.3 Å². The topological polar surface area (TPSA) is 115 Å². The zero-order chi connectivity index (χ0) is 9.49. The monoisotopic (exact) mass is 204 g/mol. The highest BCUT2D eigenvalue weighted by Gasteiger charge is 2.06. The first-order valence-electron chi connectivity index (χ1n) is 2.37. The molecule has 0 bridgehead atoms. The highest BCUT2D eigenvalue weighted by Crippen LogP contribution is 2.33. The molecule has 0 atom stereocenters. The van der Waals surface area contributed by atoms with Crippen molar-refractivity contribution in [2.45, 2.75) is 0 Å². The standard InChI is InChI=1S/C3H7O3P.H3O3P/c1-2-3-7(4,5)6;1-4(2)3/h2H,1,3H2,(H2,4,5,6);4H,(H2,1,2,3). The summed E-state index contributed by atoms with van der Waals surface area (Å²) in [6.45, 7) is 3.15. The van der Waals surface area contributed by atoms with E-state index in [1.54, 1.807) is 0 Å². The molecule has 0 unspecified atom stereocenters. The molecule has 0 aliphatic carbocycles. The van der Waals surface area contributed by atoms with Gasteiger partial charge in [-0.2, -0.15) is 0 Å². The second kappa shape index (κ2) is 6.73. The Hall–Kier alpha value is 0.0400. The summed E-state index contributed by atoms with van der Waals surface area (Å²) in [5.74, 6) is 0. The summed E-state index contributed by atoms with van der Waals surface area (Å²) < 4.78 is 18.6. The van der Waals surface area contributed by atoms with E-state index in [9.17, 15) is 4.57 Å². The number of rotatable bonds is 2. The van der Waals surface area contributed by atoms with Crippen LogP contribution in [0.3, 0.4) is 0 Å². The van der Waals surface area contributed by atoms with Crippen molar-refractivity contribution in [3.8, 4) is 0 Å². The van der Waals surface area contributed by atoms with Gasteiger partial charge in [0, 0.05) is 0 Å². The van der Waals surface area contributed by atoms with Crippen LogP contribution in [0.15, 0.2) is 12.7 Å². The maximum absolute atomic E-state index is 9.85. The largest absolute Gasteiger partial charge is 0.329 e. The lowest BCUT2D eigenvalue weighted by atomic mass is 10.8. The minimum atomic E-state index is -3.78. The molecular weight excluding hydrogens is 194 g/mol. The minimum Gasteiger partial charge on any atom is -0.326 e. The van der Waals surface area contributed by atoms with Crippen molar-refractivity contribution in [2.24, 2.45) is 0 Å². The van der Waals surface area contributed by atoms with Crippen LogP contribution in [0.1, 0.15) is 0 Å². The molecule has 4 N–H and O–H groups in total. The third-order valence-corrected chi connectivity index (χ3v) is 1.10. The van der Waals surface area contributed by atoms with E-state index in [2.05, 4.69) is 6.58 Å². The molecule has 0 fully saturated rings. The Morgan fingerprint density at radius 1 is 1.45 bits per heavy atom. The summed E-state index contributed by atoms with van der Waals surface area (Å²) in [6, 6.07) is 0. The van der Waals surface area contributed by atoms with Gasteiger partial charge in [0.25, 0.3) is 0 Å². The molecular formula is C3H10O6P2. The van der Waals surface area contributed by atoms with Gasteiger partial charge in [-0.3, -0.25) is 9.13 Å². The fourth-order valence-electron chi connectivity index (χ4n) is 0.168. The van der Waals surface area contributed by atoms with E-state index in [1.807, 2.05) is 0 Å². The van der Waals surface area contributed by atoms with E-state index in [0.717, 1.165) is 0 Å². The van der Waals surface area contributed by atoms with Crippen LogP contribution >= 0.6 is 15.9 Å². The smallest absolute Gasteiger partial charge is 0.326 e. The molecule has 11 heavy (non-hydrogen) atoms. The van der Waals surface area contributed by atoms with Crippen LogP contribution in [0, 0.1) is 0 Å². The van der Waals surface area contributed by atoms with Crippen LogP contribution in [-0.4, -0.2) is 25.7 Å². The predicted molar refractivity (Wildman–Crippen MR) is 40.5 cm³/mol. The van der Waals surface area contributed by atoms with E-state index in [-0.39, 0.29) is 6.16 Å². The molecule has 0 heterocycles. The Balaban J connectivity index is 0. The minimum absolute atomic E-state index is 0.229. The van der Waals surface area contributed by atoms with Gasteiger partial charge in [0.15, 0.2) is 0 Å². The molecule has 68 valence electrons. The molecule has 0 aromatic rings. The van der Waals surface area contributed by atoms with Gasteiger partial charge in [0.2, 0.25) is 0 Å².